The van der Waals surface area contributed by atoms with Crippen LogP contribution in [0.5, 0.6) is 0 Å². The number of aliphatic imine (C=N–C) groups is 2. The average molecular weight is 226 g/mol. The molecule has 4 N–H and O–H groups in total. The Hall–Kier alpha value is -1.76. The lowest BCUT2D eigenvalue weighted by molar-refractivity contribution is -0.142. The van der Waals surface area contributed by atoms with E-state index in [9.17, 15) is 9.59 Å². The summed E-state index contributed by atoms with van der Waals surface area (Å²) >= 11 is 0. The largest absolute Gasteiger partial charge is 0.480 e. The minimum absolute atomic E-state index is 0.117. The summed E-state index contributed by atoms with van der Waals surface area (Å²) in [4.78, 5) is 29.8. The number of nitrogens with two attached hydrogens (primary N) is 1. The fraction of sp³-hybridized carbons (Fsp3) is 0.556. The van der Waals surface area contributed by atoms with Gasteiger partial charge in [0, 0.05) is 25.6 Å². The van der Waals surface area contributed by atoms with Gasteiger partial charge in [0.05, 0.1) is 6.04 Å². The zero-order valence-electron chi connectivity index (χ0n) is 8.67. The number of carboxylic acid groups (broad SMARTS) is 1. The molecule has 7 heteroatoms. The van der Waals surface area contributed by atoms with Gasteiger partial charge >= 0.3 is 5.97 Å². The molecule has 0 aromatic rings. The van der Waals surface area contributed by atoms with Crippen LogP contribution in [0.3, 0.4) is 0 Å². The molecule has 0 spiro atoms. The molecule has 2 unspecified atom stereocenters. The second kappa shape index (κ2) is 5.96. The maximum atomic E-state index is 11.2. The maximum absolute atomic E-state index is 11.2. The first-order chi connectivity index (χ1) is 7.63. The van der Waals surface area contributed by atoms with Crippen LogP contribution < -0.4 is 11.1 Å². The van der Waals surface area contributed by atoms with E-state index in [0.717, 1.165) is 0 Å². The molecule has 0 radical (unpaired) electrons. The van der Waals surface area contributed by atoms with Gasteiger partial charge in [-0.15, -0.1) is 0 Å². The molecule has 88 valence electrons. The molecule has 1 heterocycles. The summed E-state index contributed by atoms with van der Waals surface area (Å²) in [7, 11) is 0. The molecule has 1 rings (SSSR count). The Kier molecular flexibility index (Phi) is 4.59. The van der Waals surface area contributed by atoms with E-state index in [1.807, 2.05) is 0 Å². The van der Waals surface area contributed by atoms with Crippen molar-refractivity contribution in [2.75, 3.05) is 6.54 Å². The highest BCUT2D eigenvalue weighted by Gasteiger charge is 2.23. The molecule has 0 bridgehead atoms. The maximum Gasteiger partial charge on any atom is 0.326 e. The molecule has 0 aromatic heterocycles. The Bertz CT molecular complexity index is 315. The molecular formula is C9H14N4O3. The number of rotatable bonds is 6. The number of aliphatic carboxylic acids is 1. The first-order valence-corrected chi connectivity index (χ1v) is 4.90. The topological polar surface area (TPSA) is 117 Å². The number of carbonyl (C=O) groups is 2. The Morgan fingerprint density at radius 1 is 1.56 bits per heavy atom. The third kappa shape index (κ3) is 3.77. The third-order valence-corrected chi connectivity index (χ3v) is 2.06. The second-order valence-electron chi connectivity index (χ2n) is 3.36. The zero-order chi connectivity index (χ0) is 12.0. The Morgan fingerprint density at radius 2 is 2.31 bits per heavy atom. The van der Waals surface area contributed by atoms with Crippen molar-refractivity contribution in [3.63, 3.8) is 0 Å². The SMILES string of the molecule is NCCC(=O)NC(CC1C=NC=N1)C(=O)O. The van der Waals surface area contributed by atoms with Crippen molar-refractivity contribution in [3.05, 3.63) is 0 Å². The van der Waals surface area contributed by atoms with Crippen LogP contribution in [0.25, 0.3) is 0 Å². The van der Waals surface area contributed by atoms with E-state index in [2.05, 4.69) is 15.3 Å². The van der Waals surface area contributed by atoms with Gasteiger partial charge in [0.15, 0.2) is 0 Å². The number of amides is 1. The molecule has 0 fully saturated rings. The van der Waals surface area contributed by atoms with Crippen LogP contribution in [-0.2, 0) is 9.59 Å². The highest BCUT2D eigenvalue weighted by molar-refractivity contribution is 5.86. The number of hydrogen-bond acceptors (Lipinski definition) is 5. The Labute approximate surface area is 92.5 Å². The Morgan fingerprint density at radius 3 is 2.81 bits per heavy atom. The van der Waals surface area contributed by atoms with Crippen LogP contribution in [0.1, 0.15) is 12.8 Å². The van der Waals surface area contributed by atoms with Gasteiger partial charge in [-0.25, -0.2) is 9.79 Å². The summed E-state index contributed by atoms with van der Waals surface area (Å²) in [6.45, 7) is 0.196. The van der Waals surface area contributed by atoms with E-state index in [0.29, 0.717) is 0 Å². The van der Waals surface area contributed by atoms with E-state index < -0.39 is 12.0 Å². The van der Waals surface area contributed by atoms with Crippen molar-refractivity contribution in [1.82, 2.24) is 5.32 Å². The van der Waals surface area contributed by atoms with Gasteiger partial charge in [-0.2, -0.15) is 0 Å². The quantitative estimate of drug-likeness (QED) is 0.526. The van der Waals surface area contributed by atoms with E-state index in [-0.39, 0.29) is 31.3 Å². The molecule has 1 amide bonds. The lowest BCUT2D eigenvalue weighted by Gasteiger charge is -2.15. The summed E-state index contributed by atoms with van der Waals surface area (Å²) in [5.74, 6) is -1.45. The molecule has 0 aromatic carbocycles. The van der Waals surface area contributed by atoms with E-state index in [1.165, 1.54) is 6.34 Å². The number of carbonyl (C=O) groups excluding carboxylic acids is 1. The first-order valence-electron chi connectivity index (χ1n) is 4.90. The van der Waals surface area contributed by atoms with Gasteiger partial charge in [-0.1, -0.05) is 0 Å². The lowest BCUT2D eigenvalue weighted by atomic mass is 10.1. The number of hydrogen-bond donors (Lipinski definition) is 3. The van der Waals surface area contributed by atoms with Crippen molar-refractivity contribution in [1.29, 1.82) is 0 Å². The minimum Gasteiger partial charge on any atom is -0.480 e. The molecule has 1 aliphatic rings. The zero-order valence-corrected chi connectivity index (χ0v) is 8.67. The van der Waals surface area contributed by atoms with Crippen LogP contribution in [-0.4, -0.2) is 48.2 Å². The fourth-order valence-electron chi connectivity index (χ4n) is 1.28. The van der Waals surface area contributed by atoms with Crippen molar-refractivity contribution < 1.29 is 14.7 Å². The normalized spacial score (nSPS) is 19.7. The minimum atomic E-state index is -1.08. The van der Waals surface area contributed by atoms with Gasteiger partial charge in [0.25, 0.3) is 0 Å². The predicted molar refractivity (Wildman–Crippen MR) is 58.6 cm³/mol. The monoisotopic (exact) mass is 226 g/mol. The van der Waals surface area contributed by atoms with Crippen LogP contribution in [0.4, 0.5) is 0 Å². The summed E-state index contributed by atoms with van der Waals surface area (Å²) in [5, 5.41) is 11.3. The van der Waals surface area contributed by atoms with Crippen LogP contribution in [0.15, 0.2) is 9.98 Å². The molecule has 7 nitrogen and oxygen atoms in total. The average Bonchev–Trinajstić information content (AvgIpc) is 2.69. The van der Waals surface area contributed by atoms with Crippen molar-refractivity contribution in [3.8, 4) is 0 Å². The number of nitrogens with one attached hydrogen (secondary N) is 1. The van der Waals surface area contributed by atoms with E-state index in [4.69, 9.17) is 10.8 Å². The Balaban J connectivity index is 2.47. The van der Waals surface area contributed by atoms with E-state index in [1.54, 1.807) is 6.21 Å². The molecule has 2 atom stereocenters. The summed E-state index contributed by atoms with van der Waals surface area (Å²) in [5.41, 5.74) is 5.19. The highest BCUT2D eigenvalue weighted by Crippen LogP contribution is 2.04. The molecule has 0 aliphatic carbocycles. The smallest absolute Gasteiger partial charge is 0.326 e. The van der Waals surface area contributed by atoms with Gasteiger partial charge in [0.2, 0.25) is 5.91 Å². The fourth-order valence-corrected chi connectivity index (χ4v) is 1.28. The second-order valence-corrected chi connectivity index (χ2v) is 3.36. The van der Waals surface area contributed by atoms with Crippen LogP contribution in [0, 0.1) is 0 Å². The first kappa shape index (κ1) is 12.3. The van der Waals surface area contributed by atoms with Gasteiger partial charge in [-0.05, 0) is 0 Å². The number of nitrogens with zero attached hydrogens (tertiary/aromatic N) is 2. The summed E-state index contributed by atoms with van der Waals surface area (Å²) in [6.07, 6.45) is 3.23. The van der Waals surface area contributed by atoms with Gasteiger partial charge in [0.1, 0.15) is 12.4 Å². The standard InChI is InChI=1S/C9H14N4O3/c10-2-1-8(14)13-7(9(15)16)3-6-4-11-5-12-6/h4-7H,1-3,10H2,(H,13,14)(H,15,16). The van der Waals surface area contributed by atoms with Crippen LogP contribution >= 0.6 is 0 Å². The number of carboxylic acids is 1. The van der Waals surface area contributed by atoms with Gasteiger partial charge in [-0.3, -0.25) is 9.79 Å². The van der Waals surface area contributed by atoms with E-state index >= 15 is 0 Å². The molecule has 1 aliphatic heterocycles. The molecule has 16 heavy (non-hydrogen) atoms. The summed E-state index contributed by atoms with van der Waals surface area (Å²) < 4.78 is 0. The lowest BCUT2D eigenvalue weighted by Crippen LogP contribution is -2.43. The molecule has 0 saturated heterocycles. The van der Waals surface area contributed by atoms with Gasteiger partial charge < -0.3 is 16.2 Å². The summed E-state index contributed by atoms with van der Waals surface area (Å²) in [6, 6.07) is -1.23. The highest BCUT2D eigenvalue weighted by atomic mass is 16.4. The molecular weight excluding hydrogens is 212 g/mol. The van der Waals surface area contributed by atoms with Crippen molar-refractivity contribution in [2.24, 2.45) is 15.7 Å². The van der Waals surface area contributed by atoms with Crippen molar-refractivity contribution in [2.45, 2.75) is 24.9 Å². The van der Waals surface area contributed by atoms with Crippen molar-refractivity contribution >= 4 is 24.4 Å². The van der Waals surface area contributed by atoms with Crippen LogP contribution in [0.2, 0.25) is 0 Å². The third-order valence-electron chi connectivity index (χ3n) is 2.06. The predicted octanol–water partition coefficient (Wildman–Crippen LogP) is -1.22. The molecule has 0 saturated carbocycles.